The van der Waals surface area contributed by atoms with E-state index < -0.39 is 41.3 Å². The molecular formula is C31H52F2N4O5. The third-order valence-corrected chi connectivity index (χ3v) is 7.20. The summed E-state index contributed by atoms with van der Waals surface area (Å²) < 4.78 is 36.7. The second kappa shape index (κ2) is 16.2. The Morgan fingerprint density at radius 2 is 1.79 bits per heavy atom. The van der Waals surface area contributed by atoms with E-state index in [0.29, 0.717) is 36.6 Å². The maximum absolute atomic E-state index is 13.1. The number of rotatable bonds is 7. The van der Waals surface area contributed by atoms with Crippen molar-refractivity contribution in [1.29, 1.82) is 0 Å². The van der Waals surface area contributed by atoms with Crippen LogP contribution in [0.2, 0.25) is 0 Å². The Hall–Kier alpha value is -2.79. The van der Waals surface area contributed by atoms with Crippen LogP contribution in [0, 0.1) is 23.0 Å². The van der Waals surface area contributed by atoms with Gasteiger partial charge < -0.3 is 29.8 Å². The van der Waals surface area contributed by atoms with E-state index in [1.165, 1.54) is 24.4 Å². The Labute approximate surface area is 250 Å². The zero-order valence-corrected chi connectivity index (χ0v) is 27.2. The van der Waals surface area contributed by atoms with Gasteiger partial charge in [-0.05, 0) is 65.3 Å². The van der Waals surface area contributed by atoms with E-state index >= 15 is 0 Å². The molecule has 2 aliphatic rings. The smallest absolute Gasteiger partial charge is 0.410 e. The number of likely N-dealkylation sites (tertiary alicyclic amines) is 1. The Balaban J connectivity index is 0.000000397. The Bertz CT molecular complexity index is 1030. The van der Waals surface area contributed by atoms with Gasteiger partial charge in [0.15, 0.2) is 11.6 Å². The first-order valence-corrected chi connectivity index (χ1v) is 14.7. The molecule has 3 unspecified atom stereocenters. The van der Waals surface area contributed by atoms with E-state index in [9.17, 15) is 23.2 Å². The number of nitrogens with zero attached hydrogens (tertiary/aromatic N) is 2. The van der Waals surface area contributed by atoms with E-state index in [1.54, 1.807) is 27.7 Å². The van der Waals surface area contributed by atoms with Gasteiger partial charge in [-0.2, -0.15) is 0 Å². The standard InChI is InChI=1S/C15H28N2O4.C14H18F2N2O.C2H6/c1-10(17(8)13(20)21-15(5,6)7)12(19)16-11(9-18)14(2,3)4;1-18-5-4-13-14(18)9(7-17-13)8-19-10-2-3-11(15)12(16)6-10;1-2/h9-11H,1-8H3,(H,16,19);2-3,6,9,13-14,17H,4-5,7-8H2,1H3;1-2H3/t10-,11?;9-,13?,14?;/m01./s1. The predicted molar refractivity (Wildman–Crippen MR) is 160 cm³/mol. The third kappa shape index (κ3) is 11.1. The number of aldehydes is 1. The monoisotopic (exact) mass is 598 g/mol. The fourth-order valence-electron chi connectivity index (χ4n) is 4.63. The average molecular weight is 599 g/mol. The van der Waals surface area contributed by atoms with Gasteiger partial charge in [0, 0.05) is 37.7 Å². The molecule has 2 saturated heterocycles. The van der Waals surface area contributed by atoms with Gasteiger partial charge in [0.05, 0.1) is 12.6 Å². The zero-order valence-electron chi connectivity index (χ0n) is 27.2. The molecule has 2 heterocycles. The first-order valence-electron chi connectivity index (χ1n) is 14.7. The summed E-state index contributed by atoms with van der Waals surface area (Å²) in [6.45, 7) is 19.0. The molecule has 2 fully saturated rings. The minimum Gasteiger partial charge on any atom is -0.493 e. The van der Waals surface area contributed by atoms with E-state index in [1.807, 2.05) is 34.6 Å². The fourth-order valence-corrected chi connectivity index (χ4v) is 4.63. The molecule has 1 aromatic carbocycles. The van der Waals surface area contributed by atoms with Crippen LogP contribution in [0.3, 0.4) is 0 Å². The number of carbonyl (C=O) groups excluding carboxylic acids is 3. The predicted octanol–water partition coefficient (Wildman–Crippen LogP) is 4.63. The van der Waals surface area contributed by atoms with E-state index in [4.69, 9.17) is 9.47 Å². The number of halogens is 2. The van der Waals surface area contributed by atoms with Crippen molar-refractivity contribution in [3.63, 3.8) is 0 Å². The molecule has 9 nitrogen and oxygen atoms in total. The first-order chi connectivity index (χ1) is 19.4. The van der Waals surface area contributed by atoms with Crippen molar-refractivity contribution < 1.29 is 32.6 Å². The molecule has 240 valence electrons. The molecule has 5 atom stereocenters. The molecule has 42 heavy (non-hydrogen) atoms. The summed E-state index contributed by atoms with van der Waals surface area (Å²) in [6, 6.07) is 3.37. The van der Waals surface area contributed by atoms with Gasteiger partial charge >= 0.3 is 6.09 Å². The molecule has 2 N–H and O–H groups in total. The van der Waals surface area contributed by atoms with Crippen LogP contribution in [0.4, 0.5) is 13.6 Å². The lowest BCUT2D eigenvalue weighted by Crippen LogP contribution is -2.53. The lowest BCUT2D eigenvalue weighted by Gasteiger charge is -2.31. The van der Waals surface area contributed by atoms with Gasteiger partial charge in [0.1, 0.15) is 23.7 Å². The number of hydrogen-bond donors (Lipinski definition) is 2. The van der Waals surface area contributed by atoms with Crippen LogP contribution >= 0.6 is 0 Å². The number of hydrogen-bond acceptors (Lipinski definition) is 7. The fraction of sp³-hybridized carbons (Fsp3) is 0.710. The molecule has 3 rings (SSSR count). The molecule has 0 radical (unpaired) electrons. The normalized spacial score (nSPS) is 21.4. The number of likely N-dealkylation sites (N-methyl/N-ethyl adjacent to an activating group) is 2. The summed E-state index contributed by atoms with van der Waals surface area (Å²) in [7, 11) is 3.62. The molecule has 0 spiro atoms. The van der Waals surface area contributed by atoms with Crippen molar-refractivity contribution in [3.8, 4) is 5.75 Å². The van der Waals surface area contributed by atoms with Crippen LogP contribution < -0.4 is 15.4 Å². The summed E-state index contributed by atoms with van der Waals surface area (Å²) in [5, 5.41) is 6.15. The molecule has 0 saturated carbocycles. The highest BCUT2D eigenvalue weighted by Crippen LogP contribution is 2.29. The second-order valence-electron chi connectivity index (χ2n) is 12.7. The highest BCUT2D eigenvalue weighted by molar-refractivity contribution is 5.87. The van der Waals surface area contributed by atoms with Crippen molar-refractivity contribution >= 4 is 18.3 Å². The van der Waals surface area contributed by atoms with Crippen molar-refractivity contribution in [1.82, 2.24) is 20.4 Å². The van der Waals surface area contributed by atoms with Crippen molar-refractivity contribution in [2.24, 2.45) is 11.3 Å². The van der Waals surface area contributed by atoms with Crippen LogP contribution in [-0.4, -0.2) is 91.6 Å². The number of ether oxygens (including phenoxy) is 2. The van der Waals surface area contributed by atoms with Crippen molar-refractivity contribution in [2.75, 3.05) is 33.8 Å². The quantitative estimate of drug-likeness (QED) is 0.442. The molecule has 0 aliphatic carbocycles. The van der Waals surface area contributed by atoms with Gasteiger partial charge in [-0.1, -0.05) is 34.6 Å². The molecule has 0 bridgehead atoms. The van der Waals surface area contributed by atoms with E-state index in [-0.39, 0.29) is 5.41 Å². The molecule has 1 aromatic rings. The number of nitrogens with one attached hydrogen (secondary N) is 2. The van der Waals surface area contributed by atoms with Gasteiger partial charge in [-0.25, -0.2) is 13.6 Å². The maximum Gasteiger partial charge on any atom is 0.410 e. The van der Waals surface area contributed by atoms with E-state index in [2.05, 4.69) is 22.6 Å². The zero-order chi connectivity index (χ0) is 32.4. The van der Waals surface area contributed by atoms with Crippen molar-refractivity contribution in [2.45, 2.75) is 98.5 Å². The van der Waals surface area contributed by atoms with Crippen LogP contribution in [0.5, 0.6) is 5.75 Å². The molecule has 11 heteroatoms. The largest absolute Gasteiger partial charge is 0.493 e. The summed E-state index contributed by atoms with van der Waals surface area (Å²) in [5.41, 5.74) is -1.01. The third-order valence-electron chi connectivity index (χ3n) is 7.20. The lowest BCUT2D eigenvalue weighted by atomic mass is 9.87. The molecule has 0 aromatic heterocycles. The summed E-state index contributed by atoms with van der Waals surface area (Å²) in [4.78, 5) is 38.7. The minimum atomic E-state index is -0.863. The topological polar surface area (TPSA) is 100 Å². The average Bonchev–Trinajstić information content (AvgIpc) is 3.49. The van der Waals surface area contributed by atoms with Crippen LogP contribution in [0.1, 0.15) is 68.7 Å². The van der Waals surface area contributed by atoms with Crippen LogP contribution in [0.25, 0.3) is 0 Å². The van der Waals surface area contributed by atoms with Crippen LogP contribution in [-0.2, 0) is 14.3 Å². The lowest BCUT2D eigenvalue weighted by molar-refractivity contribution is -0.129. The van der Waals surface area contributed by atoms with Gasteiger partial charge in [-0.15, -0.1) is 0 Å². The number of fused-ring (bicyclic) bond motifs is 1. The molecule has 2 aliphatic heterocycles. The van der Waals surface area contributed by atoms with Crippen LogP contribution in [0.15, 0.2) is 18.2 Å². The Morgan fingerprint density at radius 1 is 1.17 bits per heavy atom. The van der Waals surface area contributed by atoms with E-state index in [0.717, 1.165) is 25.2 Å². The molecular weight excluding hydrogens is 546 g/mol. The number of carbonyl (C=O) groups is 3. The van der Waals surface area contributed by atoms with Gasteiger partial charge in [0.25, 0.3) is 0 Å². The van der Waals surface area contributed by atoms with Gasteiger partial charge in [-0.3, -0.25) is 9.69 Å². The van der Waals surface area contributed by atoms with Gasteiger partial charge in [0.2, 0.25) is 5.91 Å². The number of amides is 2. The number of benzene rings is 1. The first kappa shape index (κ1) is 37.2. The Morgan fingerprint density at radius 3 is 2.31 bits per heavy atom. The highest BCUT2D eigenvalue weighted by atomic mass is 19.2. The SMILES string of the molecule is CC.CN1CCC2NC[C@H](COc3ccc(F)c(F)c3)C21.C[C@@H](C(=O)NC(C=O)C(C)(C)C)N(C)C(=O)OC(C)(C)C. The van der Waals surface area contributed by atoms with Crippen molar-refractivity contribution in [3.05, 3.63) is 29.8 Å². The molecule has 2 amide bonds. The maximum atomic E-state index is 13.1. The summed E-state index contributed by atoms with van der Waals surface area (Å²) in [6.07, 6.45) is 1.30. The highest BCUT2D eigenvalue weighted by Gasteiger charge is 2.42. The second-order valence-corrected chi connectivity index (χ2v) is 12.7. The summed E-state index contributed by atoms with van der Waals surface area (Å²) >= 11 is 0. The summed E-state index contributed by atoms with van der Waals surface area (Å²) in [5.74, 6) is -1.31. The Kier molecular flexibility index (Phi) is 14.3. The minimum absolute atomic E-state index is 0.387.